The van der Waals surface area contributed by atoms with Gasteiger partial charge in [-0.05, 0) is 6.92 Å². The van der Waals surface area contributed by atoms with Crippen LogP contribution in [0.25, 0.3) is 0 Å². The molecular formula is C8H20ClNO. The summed E-state index contributed by atoms with van der Waals surface area (Å²) in [5, 5.41) is 2.52. The summed E-state index contributed by atoms with van der Waals surface area (Å²) in [7, 11) is 0. The van der Waals surface area contributed by atoms with Crippen LogP contribution < -0.4 is 5.32 Å². The molecule has 70 valence electrons. The maximum Gasteiger partial charge on any atom is 0.234 e. The Morgan fingerprint density at radius 2 is 1.64 bits per heavy atom. The van der Waals surface area contributed by atoms with E-state index in [1.807, 2.05) is 34.6 Å². The molecule has 0 aromatic rings. The summed E-state index contributed by atoms with van der Waals surface area (Å²) in [6, 6.07) is 0. The average Bonchev–Trinajstić information content (AvgIpc) is 2.12. The largest absolute Gasteiger partial charge is 0.355 e. The zero-order valence-corrected chi connectivity index (χ0v) is 8.96. The monoisotopic (exact) mass is 181 g/mol. The van der Waals surface area contributed by atoms with E-state index in [1.54, 1.807) is 0 Å². The molecule has 0 aliphatic rings. The lowest BCUT2D eigenvalue weighted by atomic mass is 10.6. The molecule has 0 unspecified atom stereocenters. The van der Waals surface area contributed by atoms with E-state index in [9.17, 15) is 4.79 Å². The molecule has 0 heterocycles. The van der Waals surface area contributed by atoms with Crippen LogP contribution in [0, 0.1) is 0 Å². The minimum atomic E-state index is -0.107. The van der Waals surface area contributed by atoms with Gasteiger partial charge in [-0.2, -0.15) is 0 Å². The van der Waals surface area contributed by atoms with Crippen LogP contribution in [0.1, 0.15) is 34.6 Å². The number of hydrogen-bond donors (Lipinski definition) is 1. The van der Waals surface area contributed by atoms with Crippen LogP contribution in [0.3, 0.4) is 0 Å². The van der Waals surface area contributed by atoms with Gasteiger partial charge in [-0.15, -0.1) is 11.6 Å². The topological polar surface area (TPSA) is 29.1 Å². The molecule has 0 aromatic carbocycles. The van der Waals surface area contributed by atoms with Crippen molar-refractivity contribution in [2.75, 3.05) is 12.4 Å². The summed E-state index contributed by atoms with van der Waals surface area (Å²) >= 11 is 5.12. The lowest BCUT2D eigenvalue weighted by Crippen LogP contribution is -2.23. The Balaban J connectivity index is -0.000000138. The molecule has 0 aliphatic carbocycles. The van der Waals surface area contributed by atoms with E-state index >= 15 is 0 Å². The van der Waals surface area contributed by atoms with Crippen molar-refractivity contribution < 1.29 is 4.79 Å². The van der Waals surface area contributed by atoms with E-state index in [-0.39, 0.29) is 11.8 Å². The van der Waals surface area contributed by atoms with Crippen molar-refractivity contribution in [1.82, 2.24) is 5.32 Å². The van der Waals surface area contributed by atoms with E-state index < -0.39 is 0 Å². The number of hydrogen-bond acceptors (Lipinski definition) is 1. The molecule has 0 aromatic heterocycles. The number of nitrogens with one attached hydrogen (secondary N) is 1. The first-order chi connectivity index (χ1) is 5.31. The predicted molar refractivity (Wildman–Crippen MR) is 52.1 cm³/mol. The quantitative estimate of drug-likeness (QED) is 0.652. The molecule has 0 fully saturated rings. The molecule has 0 atom stereocenters. The Kier molecular flexibility index (Phi) is 34.9. The van der Waals surface area contributed by atoms with Crippen LogP contribution in [-0.2, 0) is 4.79 Å². The molecule has 0 radical (unpaired) electrons. The van der Waals surface area contributed by atoms with Gasteiger partial charge in [0.1, 0.15) is 5.88 Å². The maximum absolute atomic E-state index is 10.2. The van der Waals surface area contributed by atoms with Crippen molar-refractivity contribution in [3.8, 4) is 0 Å². The van der Waals surface area contributed by atoms with Crippen LogP contribution >= 0.6 is 11.6 Å². The van der Waals surface area contributed by atoms with E-state index in [0.29, 0.717) is 6.54 Å². The summed E-state index contributed by atoms with van der Waals surface area (Å²) in [4.78, 5) is 10.2. The first-order valence-electron chi connectivity index (χ1n) is 4.14. The molecule has 0 spiro atoms. The third-order valence-electron chi connectivity index (χ3n) is 0.495. The van der Waals surface area contributed by atoms with Crippen molar-refractivity contribution in [2.24, 2.45) is 0 Å². The van der Waals surface area contributed by atoms with Gasteiger partial charge in [-0.1, -0.05) is 27.7 Å². The highest BCUT2D eigenvalue weighted by Crippen LogP contribution is 1.70. The highest BCUT2D eigenvalue weighted by atomic mass is 35.5. The fraction of sp³-hybridized carbons (Fsp3) is 0.875. The van der Waals surface area contributed by atoms with Crippen LogP contribution in [-0.4, -0.2) is 18.3 Å². The molecule has 0 saturated carbocycles. The van der Waals surface area contributed by atoms with Gasteiger partial charge in [-0.3, -0.25) is 4.79 Å². The van der Waals surface area contributed by atoms with Gasteiger partial charge in [0.05, 0.1) is 0 Å². The molecule has 1 amide bonds. The van der Waals surface area contributed by atoms with Gasteiger partial charge in [0.15, 0.2) is 0 Å². The van der Waals surface area contributed by atoms with Crippen LogP contribution in [0.5, 0.6) is 0 Å². The maximum atomic E-state index is 10.2. The minimum Gasteiger partial charge on any atom is -0.355 e. The number of alkyl halides is 1. The van der Waals surface area contributed by atoms with Crippen LogP contribution in [0.4, 0.5) is 0 Å². The lowest BCUT2D eigenvalue weighted by molar-refractivity contribution is -0.118. The van der Waals surface area contributed by atoms with Crippen LogP contribution in [0.15, 0.2) is 0 Å². The normalized spacial score (nSPS) is 6.36. The molecule has 0 bridgehead atoms. The number of carbonyl (C=O) groups excluding carboxylic acids is 1. The van der Waals surface area contributed by atoms with Gasteiger partial charge in [0.2, 0.25) is 5.91 Å². The Bertz CT molecular complexity index is 67.1. The van der Waals surface area contributed by atoms with Crippen molar-refractivity contribution in [1.29, 1.82) is 0 Å². The van der Waals surface area contributed by atoms with Gasteiger partial charge >= 0.3 is 0 Å². The molecule has 2 nitrogen and oxygen atoms in total. The molecular weight excluding hydrogens is 162 g/mol. The zero-order valence-electron chi connectivity index (χ0n) is 8.20. The van der Waals surface area contributed by atoms with Gasteiger partial charge in [0.25, 0.3) is 0 Å². The third-order valence-corrected chi connectivity index (χ3v) is 0.738. The number of halogens is 1. The summed E-state index contributed by atoms with van der Waals surface area (Å²) in [6.07, 6.45) is 0. The van der Waals surface area contributed by atoms with E-state index in [4.69, 9.17) is 11.6 Å². The third kappa shape index (κ3) is 25.9. The highest BCUT2D eigenvalue weighted by Gasteiger charge is 1.90. The van der Waals surface area contributed by atoms with Crippen molar-refractivity contribution in [3.05, 3.63) is 0 Å². The number of rotatable bonds is 2. The fourth-order valence-corrected chi connectivity index (χ4v) is 0.339. The van der Waals surface area contributed by atoms with E-state index in [2.05, 4.69) is 5.32 Å². The lowest BCUT2D eigenvalue weighted by Gasteiger charge is -1.92. The summed E-state index contributed by atoms with van der Waals surface area (Å²) in [6.45, 7) is 10.5. The first kappa shape index (κ1) is 17.0. The Labute approximate surface area is 75.3 Å². The number of amides is 1. The first-order valence-corrected chi connectivity index (χ1v) is 4.67. The Morgan fingerprint density at radius 1 is 1.27 bits per heavy atom. The van der Waals surface area contributed by atoms with Gasteiger partial charge < -0.3 is 5.32 Å². The van der Waals surface area contributed by atoms with Crippen LogP contribution in [0.2, 0.25) is 0 Å². The molecule has 0 rings (SSSR count). The summed E-state index contributed by atoms with van der Waals surface area (Å²) in [5.74, 6) is -0.0439. The smallest absolute Gasteiger partial charge is 0.234 e. The van der Waals surface area contributed by atoms with E-state index in [1.165, 1.54) is 0 Å². The predicted octanol–water partition coefficient (Wildman–Crippen LogP) is 2.41. The SMILES string of the molecule is CC.CC.CCNC(=O)CCl. The highest BCUT2D eigenvalue weighted by molar-refractivity contribution is 6.27. The second-order valence-corrected chi connectivity index (χ2v) is 1.35. The standard InChI is InChI=1S/C4H8ClNO.2C2H6/c1-2-6-4(7)3-5;2*1-2/h2-3H2,1H3,(H,6,7);2*1-2H3. The Morgan fingerprint density at radius 3 is 1.73 bits per heavy atom. The molecule has 11 heavy (non-hydrogen) atoms. The minimum absolute atomic E-state index is 0.0633. The second kappa shape index (κ2) is 22.6. The molecule has 0 saturated heterocycles. The van der Waals surface area contributed by atoms with E-state index in [0.717, 1.165) is 0 Å². The molecule has 0 aliphatic heterocycles. The zero-order chi connectivity index (χ0) is 9.70. The summed E-state index contributed by atoms with van der Waals surface area (Å²) in [5.41, 5.74) is 0. The van der Waals surface area contributed by atoms with Crippen molar-refractivity contribution in [2.45, 2.75) is 34.6 Å². The van der Waals surface area contributed by atoms with Crippen molar-refractivity contribution in [3.63, 3.8) is 0 Å². The van der Waals surface area contributed by atoms with Gasteiger partial charge in [0, 0.05) is 6.54 Å². The molecule has 1 N–H and O–H groups in total. The van der Waals surface area contributed by atoms with Crippen molar-refractivity contribution >= 4 is 17.5 Å². The number of carbonyl (C=O) groups is 1. The summed E-state index contributed by atoms with van der Waals surface area (Å²) < 4.78 is 0. The Hall–Kier alpha value is -0.240. The fourth-order valence-electron chi connectivity index (χ4n) is 0.244. The molecule has 3 heteroatoms. The average molecular weight is 182 g/mol. The second-order valence-electron chi connectivity index (χ2n) is 1.09. The van der Waals surface area contributed by atoms with Gasteiger partial charge in [-0.25, -0.2) is 0 Å².